The van der Waals surface area contributed by atoms with Gasteiger partial charge in [0.25, 0.3) is 0 Å². The fourth-order valence-corrected chi connectivity index (χ4v) is 3.89. The Morgan fingerprint density at radius 2 is 2.11 bits per heavy atom. The zero-order valence-electron chi connectivity index (χ0n) is 19.1. The average Bonchev–Trinajstić information content (AvgIpc) is 3.50. The van der Waals surface area contributed by atoms with E-state index in [0.29, 0.717) is 18.5 Å². The maximum atomic E-state index is 15.0. The molecule has 0 bridgehead atoms. The smallest absolute Gasteiger partial charge is 0.443 e. The first-order valence-corrected chi connectivity index (χ1v) is 11.0. The molecule has 11 nitrogen and oxygen atoms in total. The van der Waals surface area contributed by atoms with E-state index in [9.17, 15) is 23.2 Å². The first-order chi connectivity index (χ1) is 17.0. The third-order valence-corrected chi connectivity index (χ3v) is 5.41. The SMILES string of the molecule is CC(C)NC(=O)O[C@H]1CC[C@@H](c2cc(Nc3nc(C#N)cc4nc(COC(F)(F)F)cn34)n[nH]2)[C@H]1F. The summed E-state index contributed by atoms with van der Waals surface area (Å²) in [5.74, 6) is -0.310. The molecule has 3 heterocycles. The van der Waals surface area contributed by atoms with E-state index in [1.165, 1.54) is 16.7 Å². The second kappa shape index (κ2) is 9.97. The third kappa shape index (κ3) is 5.82. The number of ether oxygens (including phenoxy) is 2. The Balaban J connectivity index is 1.49. The Morgan fingerprint density at radius 1 is 1.33 bits per heavy atom. The number of hydrogen-bond acceptors (Lipinski definition) is 8. The van der Waals surface area contributed by atoms with E-state index < -0.39 is 37.3 Å². The standard InChI is InChI=1S/C21H22F4N8O3/c1-10(2)27-20(34)36-15-4-3-13(18(15)22)14-6-16(32-31-14)30-19-29-11(7-26)5-17-28-12(8-33(17)19)9-35-21(23,24)25/h5-6,8,10,13,15,18H,3-4,9H2,1-2H3,(H,27,34)(H2,29,30,31,32)/t13-,15-,18+/m0/s1. The Hall–Kier alpha value is -3.93. The first kappa shape index (κ1) is 25.2. The summed E-state index contributed by atoms with van der Waals surface area (Å²) in [6.45, 7) is 2.71. The van der Waals surface area contributed by atoms with Gasteiger partial charge in [-0.1, -0.05) is 0 Å². The Kier molecular flexibility index (Phi) is 6.97. The second-order valence-corrected chi connectivity index (χ2v) is 8.48. The van der Waals surface area contributed by atoms with Crippen LogP contribution in [0.1, 0.15) is 49.7 Å². The molecule has 0 aromatic carbocycles. The van der Waals surface area contributed by atoms with Gasteiger partial charge < -0.3 is 15.4 Å². The molecule has 3 N–H and O–H groups in total. The van der Waals surface area contributed by atoms with Crippen molar-refractivity contribution >= 4 is 23.5 Å². The second-order valence-electron chi connectivity index (χ2n) is 8.48. The number of carbonyl (C=O) groups is 1. The highest BCUT2D eigenvalue weighted by molar-refractivity contribution is 5.67. The molecule has 0 aliphatic heterocycles. The molecule has 1 amide bonds. The molecule has 0 radical (unpaired) electrons. The van der Waals surface area contributed by atoms with E-state index in [2.05, 4.69) is 35.5 Å². The number of halogens is 4. The predicted molar refractivity (Wildman–Crippen MR) is 116 cm³/mol. The van der Waals surface area contributed by atoms with Crippen LogP contribution in [0.5, 0.6) is 0 Å². The maximum Gasteiger partial charge on any atom is 0.522 e. The topological polar surface area (TPSA) is 142 Å². The van der Waals surface area contributed by atoms with Crippen molar-refractivity contribution in [2.75, 3.05) is 5.32 Å². The van der Waals surface area contributed by atoms with Crippen LogP contribution in [-0.2, 0) is 16.1 Å². The lowest BCUT2D eigenvalue weighted by atomic mass is 10.0. The number of alkyl halides is 4. The number of nitrogens with zero attached hydrogens (tertiary/aromatic N) is 5. The molecular formula is C21H22F4N8O3. The van der Waals surface area contributed by atoms with Gasteiger partial charge in [0.2, 0.25) is 5.95 Å². The number of rotatable bonds is 7. The zero-order chi connectivity index (χ0) is 26.0. The van der Waals surface area contributed by atoms with Crippen molar-refractivity contribution in [3.63, 3.8) is 0 Å². The summed E-state index contributed by atoms with van der Waals surface area (Å²) >= 11 is 0. The largest absolute Gasteiger partial charge is 0.522 e. The van der Waals surface area contributed by atoms with Crippen LogP contribution in [0.2, 0.25) is 0 Å². The van der Waals surface area contributed by atoms with Gasteiger partial charge in [0.05, 0.1) is 12.3 Å². The molecule has 1 fully saturated rings. The van der Waals surface area contributed by atoms with Crippen molar-refractivity contribution < 1.29 is 31.8 Å². The monoisotopic (exact) mass is 510 g/mol. The number of imidazole rings is 1. The number of nitrogens with one attached hydrogen (secondary N) is 3. The van der Waals surface area contributed by atoms with Crippen molar-refractivity contribution in [3.8, 4) is 6.07 Å². The molecule has 36 heavy (non-hydrogen) atoms. The summed E-state index contributed by atoms with van der Waals surface area (Å²) in [6.07, 6.45) is -5.82. The highest BCUT2D eigenvalue weighted by Crippen LogP contribution is 2.38. The van der Waals surface area contributed by atoms with Gasteiger partial charge in [0, 0.05) is 36.0 Å². The summed E-state index contributed by atoms with van der Waals surface area (Å²) in [7, 11) is 0. The Morgan fingerprint density at radius 3 is 2.81 bits per heavy atom. The lowest BCUT2D eigenvalue weighted by molar-refractivity contribution is -0.330. The maximum absolute atomic E-state index is 15.0. The van der Waals surface area contributed by atoms with Crippen molar-refractivity contribution in [2.45, 2.75) is 63.9 Å². The Bertz CT molecular complexity index is 1280. The fourth-order valence-electron chi connectivity index (χ4n) is 3.89. The summed E-state index contributed by atoms with van der Waals surface area (Å²) < 4.78 is 62.5. The number of H-pyrrole nitrogens is 1. The molecular weight excluding hydrogens is 488 g/mol. The summed E-state index contributed by atoms with van der Waals surface area (Å²) in [4.78, 5) is 20.0. The predicted octanol–water partition coefficient (Wildman–Crippen LogP) is 3.82. The number of fused-ring (bicyclic) bond motifs is 1. The summed E-state index contributed by atoms with van der Waals surface area (Å²) in [5, 5.41) is 21.5. The molecule has 1 aliphatic rings. The van der Waals surface area contributed by atoms with Crippen LogP contribution in [-0.4, -0.2) is 55.3 Å². The summed E-state index contributed by atoms with van der Waals surface area (Å²) in [5.41, 5.74) is 0.556. The normalized spacial score (nSPS) is 20.0. The number of alkyl carbamates (subject to hydrolysis) is 1. The summed E-state index contributed by atoms with van der Waals surface area (Å²) in [6, 6.07) is 4.57. The molecule has 0 unspecified atom stereocenters. The van der Waals surface area contributed by atoms with Crippen LogP contribution < -0.4 is 10.6 Å². The molecule has 0 saturated heterocycles. The van der Waals surface area contributed by atoms with Gasteiger partial charge in [-0.15, -0.1) is 13.2 Å². The van der Waals surface area contributed by atoms with Gasteiger partial charge in [0.15, 0.2) is 5.82 Å². The highest BCUT2D eigenvalue weighted by atomic mass is 19.4. The van der Waals surface area contributed by atoms with Crippen LogP contribution in [0.25, 0.3) is 5.65 Å². The average molecular weight is 510 g/mol. The lowest BCUT2D eigenvalue weighted by Crippen LogP contribution is -2.36. The van der Waals surface area contributed by atoms with E-state index >= 15 is 4.39 Å². The van der Waals surface area contributed by atoms with Gasteiger partial charge in [-0.2, -0.15) is 10.4 Å². The minimum absolute atomic E-state index is 0.0334. The third-order valence-electron chi connectivity index (χ3n) is 5.41. The molecule has 0 spiro atoms. The quantitative estimate of drug-likeness (QED) is 0.407. The van der Waals surface area contributed by atoms with Crippen LogP contribution in [0.15, 0.2) is 18.3 Å². The minimum atomic E-state index is -4.82. The van der Waals surface area contributed by atoms with Crippen LogP contribution >= 0.6 is 0 Å². The van der Waals surface area contributed by atoms with E-state index in [4.69, 9.17) is 4.74 Å². The number of carbonyl (C=O) groups excluding carboxylic acids is 1. The zero-order valence-corrected chi connectivity index (χ0v) is 19.1. The van der Waals surface area contributed by atoms with E-state index in [1.807, 2.05) is 6.07 Å². The number of aromatic nitrogens is 5. The Labute approximate surface area is 201 Å². The van der Waals surface area contributed by atoms with E-state index in [0.717, 1.165) is 0 Å². The number of hydrogen-bond donors (Lipinski definition) is 3. The highest BCUT2D eigenvalue weighted by Gasteiger charge is 2.41. The molecule has 192 valence electrons. The van der Waals surface area contributed by atoms with E-state index in [1.54, 1.807) is 19.9 Å². The van der Waals surface area contributed by atoms with Gasteiger partial charge in [0.1, 0.15) is 29.7 Å². The minimum Gasteiger partial charge on any atom is -0.443 e. The molecule has 3 aromatic heterocycles. The van der Waals surface area contributed by atoms with Crippen molar-refractivity contribution in [1.82, 2.24) is 29.9 Å². The number of nitriles is 1. The number of aromatic amines is 1. The molecule has 15 heteroatoms. The molecule has 4 rings (SSSR count). The number of amides is 1. The van der Waals surface area contributed by atoms with Crippen molar-refractivity contribution in [2.24, 2.45) is 0 Å². The van der Waals surface area contributed by atoms with Crippen molar-refractivity contribution in [1.29, 1.82) is 5.26 Å². The van der Waals surface area contributed by atoms with Gasteiger partial charge in [-0.05, 0) is 26.7 Å². The molecule has 1 saturated carbocycles. The van der Waals surface area contributed by atoms with Gasteiger partial charge in [-0.3, -0.25) is 14.2 Å². The number of anilines is 2. The van der Waals surface area contributed by atoms with Crippen LogP contribution in [0.3, 0.4) is 0 Å². The van der Waals surface area contributed by atoms with E-state index in [-0.39, 0.29) is 34.8 Å². The van der Waals surface area contributed by atoms with Crippen molar-refractivity contribution in [3.05, 3.63) is 35.4 Å². The molecule has 3 aromatic rings. The fraction of sp³-hybridized carbons (Fsp3) is 0.476. The van der Waals surface area contributed by atoms with Crippen LogP contribution in [0, 0.1) is 11.3 Å². The van der Waals surface area contributed by atoms with Gasteiger partial charge >= 0.3 is 12.5 Å². The molecule has 1 aliphatic carbocycles. The molecule has 3 atom stereocenters. The first-order valence-electron chi connectivity index (χ1n) is 11.0. The van der Waals surface area contributed by atoms with Crippen LogP contribution in [0.4, 0.5) is 34.1 Å². The lowest BCUT2D eigenvalue weighted by Gasteiger charge is -2.18. The van der Waals surface area contributed by atoms with Gasteiger partial charge in [-0.25, -0.2) is 19.2 Å².